The second-order valence-corrected chi connectivity index (χ2v) is 7.32. The van der Waals surface area contributed by atoms with Crippen molar-refractivity contribution in [3.8, 4) is 0 Å². The maximum absolute atomic E-state index is 12.4. The van der Waals surface area contributed by atoms with Gasteiger partial charge in [0.15, 0.2) is 0 Å². The van der Waals surface area contributed by atoms with E-state index in [1.807, 2.05) is 0 Å². The Bertz CT molecular complexity index is 540. The van der Waals surface area contributed by atoms with Crippen LogP contribution in [0.3, 0.4) is 0 Å². The van der Waals surface area contributed by atoms with E-state index in [4.69, 9.17) is 5.73 Å². The van der Waals surface area contributed by atoms with Crippen molar-refractivity contribution in [1.29, 1.82) is 0 Å². The van der Waals surface area contributed by atoms with E-state index in [0.29, 0.717) is 12.5 Å². The minimum Gasteiger partial charge on any atom is -0.329 e. The van der Waals surface area contributed by atoms with Gasteiger partial charge in [0.25, 0.3) is 0 Å². The molecule has 1 fully saturated rings. The molecule has 1 aliphatic rings. The molecular formula is C12H22N4O2S. The fourth-order valence-electron chi connectivity index (χ4n) is 2.86. The number of rotatable bonds is 4. The molecule has 108 valence electrons. The average Bonchev–Trinajstić information content (AvgIpc) is 2.76. The summed E-state index contributed by atoms with van der Waals surface area (Å²) in [4.78, 5) is 0.195. The van der Waals surface area contributed by atoms with Crippen molar-refractivity contribution < 1.29 is 8.42 Å². The monoisotopic (exact) mass is 286 g/mol. The minimum absolute atomic E-state index is 0.195. The molecular weight excluding hydrogens is 264 g/mol. The first-order valence-corrected chi connectivity index (χ1v) is 8.08. The zero-order chi connectivity index (χ0) is 14.1. The van der Waals surface area contributed by atoms with Gasteiger partial charge in [-0.1, -0.05) is 19.8 Å². The molecule has 1 saturated carbocycles. The molecule has 2 rings (SSSR count). The second kappa shape index (κ2) is 5.22. The van der Waals surface area contributed by atoms with Gasteiger partial charge in [-0.15, -0.1) is 0 Å². The van der Waals surface area contributed by atoms with Crippen LogP contribution in [0.1, 0.15) is 32.6 Å². The van der Waals surface area contributed by atoms with Crippen LogP contribution in [0.15, 0.2) is 17.3 Å². The molecule has 0 radical (unpaired) electrons. The van der Waals surface area contributed by atoms with E-state index >= 15 is 0 Å². The zero-order valence-corrected chi connectivity index (χ0v) is 12.3. The number of nitrogens with one attached hydrogen (secondary N) is 1. The Morgan fingerprint density at radius 1 is 1.63 bits per heavy atom. The standard InChI is InChI=1S/C12H22N4O2S/c1-10-4-3-5-12(6-10,9-13)15-19(17,18)11-7-14-16(2)8-11/h7-8,10,15H,3-6,9,13H2,1-2H3. The van der Waals surface area contributed by atoms with Crippen molar-refractivity contribution in [2.45, 2.75) is 43.0 Å². The molecule has 0 amide bonds. The summed E-state index contributed by atoms with van der Waals surface area (Å²) in [5.41, 5.74) is 5.34. The SMILES string of the molecule is CC1CCCC(CN)(NS(=O)(=O)c2cnn(C)c2)C1. The fraction of sp³-hybridized carbons (Fsp3) is 0.750. The second-order valence-electron chi connectivity index (χ2n) is 5.64. The number of hydrogen-bond acceptors (Lipinski definition) is 4. The summed E-state index contributed by atoms with van der Waals surface area (Å²) >= 11 is 0. The highest BCUT2D eigenvalue weighted by atomic mass is 32.2. The first-order chi connectivity index (χ1) is 8.87. The molecule has 3 N–H and O–H groups in total. The summed E-state index contributed by atoms with van der Waals surface area (Å²) in [6.07, 6.45) is 6.60. The van der Waals surface area contributed by atoms with Crippen molar-refractivity contribution in [2.24, 2.45) is 18.7 Å². The molecule has 1 heterocycles. The highest BCUT2D eigenvalue weighted by Gasteiger charge is 2.37. The topological polar surface area (TPSA) is 90.0 Å². The van der Waals surface area contributed by atoms with Crippen molar-refractivity contribution in [3.63, 3.8) is 0 Å². The molecule has 0 bridgehead atoms. The van der Waals surface area contributed by atoms with E-state index < -0.39 is 15.6 Å². The summed E-state index contributed by atoms with van der Waals surface area (Å²) in [6.45, 7) is 2.47. The van der Waals surface area contributed by atoms with E-state index in [0.717, 1.165) is 25.7 Å². The molecule has 1 aliphatic carbocycles. The lowest BCUT2D eigenvalue weighted by atomic mass is 9.77. The molecule has 0 spiro atoms. The largest absolute Gasteiger partial charge is 0.329 e. The summed E-state index contributed by atoms with van der Waals surface area (Å²) in [5.74, 6) is 0.494. The van der Waals surface area contributed by atoms with Crippen LogP contribution in [0, 0.1) is 5.92 Å². The number of sulfonamides is 1. The Morgan fingerprint density at radius 3 is 2.89 bits per heavy atom. The van der Waals surface area contributed by atoms with Crippen molar-refractivity contribution >= 4 is 10.0 Å². The molecule has 6 nitrogen and oxygen atoms in total. The van der Waals surface area contributed by atoms with E-state index in [-0.39, 0.29) is 4.90 Å². The van der Waals surface area contributed by atoms with Crippen LogP contribution in [-0.2, 0) is 17.1 Å². The highest BCUT2D eigenvalue weighted by molar-refractivity contribution is 7.89. The van der Waals surface area contributed by atoms with Crippen LogP contribution in [0.2, 0.25) is 0 Å². The van der Waals surface area contributed by atoms with Gasteiger partial charge in [-0.2, -0.15) is 5.10 Å². The third-order valence-electron chi connectivity index (χ3n) is 3.82. The van der Waals surface area contributed by atoms with Crippen LogP contribution in [0.5, 0.6) is 0 Å². The molecule has 1 aromatic rings. The molecule has 7 heteroatoms. The average molecular weight is 286 g/mol. The zero-order valence-electron chi connectivity index (χ0n) is 11.5. The van der Waals surface area contributed by atoms with Gasteiger partial charge in [0, 0.05) is 25.3 Å². The lowest BCUT2D eigenvalue weighted by Gasteiger charge is -2.39. The smallest absolute Gasteiger partial charge is 0.244 e. The van der Waals surface area contributed by atoms with E-state index in [2.05, 4.69) is 16.7 Å². The lowest BCUT2D eigenvalue weighted by Crippen LogP contribution is -2.55. The van der Waals surface area contributed by atoms with E-state index in [1.165, 1.54) is 17.1 Å². The van der Waals surface area contributed by atoms with Crippen molar-refractivity contribution in [2.75, 3.05) is 6.54 Å². The Morgan fingerprint density at radius 2 is 2.37 bits per heavy atom. The van der Waals surface area contributed by atoms with Crippen LogP contribution in [0.25, 0.3) is 0 Å². The molecule has 0 aliphatic heterocycles. The van der Waals surface area contributed by atoms with Crippen molar-refractivity contribution in [1.82, 2.24) is 14.5 Å². The van der Waals surface area contributed by atoms with Gasteiger partial charge in [0.05, 0.1) is 6.20 Å². The Hall–Kier alpha value is -0.920. The maximum Gasteiger partial charge on any atom is 0.244 e. The number of nitrogens with two attached hydrogens (primary N) is 1. The van der Waals surface area contributed by atoms with E-state index in [1.54, 1.807) is 7.05 Å². The van der Waals surface area contributed by atoms with Crippen LogP contribution >= 0.6 is 0 Å². The van der Waals surface area contributed by atoms with Gasteiger partial charge in [0.2, 0.25) is 10.0 Å². The fourth-order valence-corrected chi connectivity index (χ4v) is 4.30. The number of aromatic nitrogens is 2. The third-order valence-corrected chi connectivity index (χ3v) is 5.36. The van der Waals surface area contributed by atoms with E-state index in [9.17, 15) is 8.42 Å². The van der Waals surface area contributed by atoms with Crippen LogP contribution in [0.4, 0.5) is 0 Å². The lowest BCUT2D eigenvalue weighted by molar-refractivity contribution is 0.223. The first kappa shape index (κ1) is 14.5. The molecule has 0 saturated heterocycles. The Labute approximate surface area is 114 Å². The predicted molar refractivity (Wildman–Crippen MR) is 72.9 cm³/mol. The summed E-state index contributed by atoms with van der Waals surface area (Å²) in [5, 5.41) is 3.91. The number of hydrogen-bond donors (Lipinski definition) is 2. The first-order valence-electron chi connectivity index (χ1n) is 6.60. The van der Waals surface area contributed by atoms with Crippen molar-refractivity contribution in [3.05, 3.63) is 12.4 Å². The summed E-state index contributed by atoms with van der Waals surface area (Å²) in [6, 6.07) is 0. The van der Waals surface area contributed by atoms with Crippen LogP contribution in [-0.4, -0.2) is 30.3 Å². The highest BCUT2D eigenvalue weighted by Crippen LogP contribution is 2.32. The number of aryl methyl sites for hydroxylation is 1. The molecule has 19 heavy (non-hydrogen) atoms. The molecule has 2 atom stereocenters. The van der Waals surface area contributed by atoms with Gasteiger partial charge in [-0.3, -0.25) is 4.68 Å². The summed E-state index contributed by atoms with van der Waals surface area (Å²) in [7, 11) is -1.85. The van der Waals surface area contributed by atoms with Gasteiger partial charge < -0.3 is 5.73 Å². The van der Waals surface area contributed by atoms with Gasteiger partial charge in [-0.25, -0.2) is 13.1 Å². The minimum atomic E-state index is -3.55. The maximum atomic E-state index is 12.4. The van der Waals surface area contributed by atoms with Gasteiger partial charge >= 0.3 is 0 Å². The van der Waals surface area contributed by atoms with Gasteiger partial charge in [-0.05, 0) is 18.8 Å². The Kier molecular flexibility index (Phi) is 3.98. The quantitative estimate of drug-likeness (QED) is 0.848. The predicted octanol–water partition coefficient (Wildman–Crippen LogP) is 0.606. The van der Waals surface area contributed by atoms with Crippen LogP contribution < -0.4 is 10.5 Å². The molecule has 0 aromatic carbocycles. The Balaban J connectivity index is 2.22. The molecule has 2 unspecified atom stereocenters. The third kappa shape index (κ3) is 3.16. The number of nitrogens with zero attached hydrogens (tertiary/aromatic N) is 2. The van der Waals surface area contributed by atoms with Gasteiger partial charge in [0.1, 0.15) is 4.90 Å². The normalized spacial score (nSPS) is 28.5. The summed E-state index contributed by atoms with van der Waals surface area (Å²) < 4.78 is 29.0. The molecule has 1 aromatic heterocycles.